The molecule has 4 rings (SSSR count). The number of hydrogen-bond acceptors (Lipinski definition) is 6. The van der Waals surface area contributed by atoms with Crippen LogP contribution in [0.3, 0.4) is 0 Å². The molecule has 5 atom stereocenters. The minimum Gasteiger partial charge on any atom is -0.389 e. The first-order chi connectivity index (χ1) is 13.2. The zero-order valence-corrected chi connectivity index (χ0v) is 15.6. The highest BCUT2D eigenvalue weighted by molar-refractivity contribution is 5.74. The zero-order chi connectivity index (χ0) is 18.8. The molecular weight excluding hydrogens is 348 g/mol. The predicted molar refractivity (Wildman–Crippen MR) is 101 cm³/mol. The van der Waals surface area contributed by atoms with Crippen LogP contribution in [0.25, 0.3) is 0 Å². The quantitative estimate of drug-likeness (QED) is 0.685. The highest BCUT2D eigenvalue weighted by Gasteiger charge is 2.52. The number of ether oxygens (including phenoxy) is 2. The van der Waals surface area contributed by atoms with Crippen LogP contribution in [-0.2, 0) is 9.47 Å². The van der Waals surface area contributed by atoms with E-state index >= 15 is 0 Å². The molecule has 3 aliphatic heterocycles. The minimum atomic E-state index is -0.734. The van der Waals surface area contributed by atoms with Gasteiger partial charge in [0.2, 0.25) is 0 Å². The van der Waals surface area contributed by atoms with Crippen molar-refractivity contribution in [3.05, 3.63) is 30.3 Å². The van der Waals surface area contributed by atoms with Gasteiger partial charge in [-0.05, 0) is 19.1 Å². The highest BCUT2D eigenvalue weighted by Crippen LogP contribution is 2.32. The summed E-state index contributed by atoms with van der Waals surface area (Å²) in [5.74, 6) is 0. The number of rotatable bonds is 4. The number of nitrogens with one attached hydrogen (secondary N) is 2. The lowest BCUT2D eigenvalue weighted by atomic mass is 9.94. The standard InChI is InChI=1S/C19H28N4O4/c1-2-20-19(25)21-15-14-12-26-18(27-14)16(17(15)24)23-10-8-22(9-11-23)13-6-4-3-5-7-13/h3-7,14-18,24H,2,8-12H2,1H3,(H2,20,21,25)/t14-,15-,16-,17+,18-/m1/s1. The van der Waals surface area contributed by atoms with Crippen molar-refractivity contribution in [3.63, 3.8) is 0 Å². The summed E-state index contributed by atoms with van der Waals surface area (Å²) in [6.07, 6.45) is -1.49. The SMILES string of the molecule is CCNC(=O)N[C@H]1[C@H](O)[C@@H](N2CCN(c3ccccc3)CC2)[C@@H]2OC[C@H]1O2. The van der Waals surface area contributed by atoms with Crippen molar-refractivity contribution >= 4 is 11.7 Å². The molecule has 0 radical (unpaired) electrons. The van der Waals surface area contributed by atoms with Crippen molar-refractivity contribution < 1.29 is 19.4 Å². The second kappa shape index (κ2) is 8.02. The van der Waals surface area contributed by atoms with Crippen LogP contribution in [0, 0.1) is 0 Å². The molecule has 0 spiro atoms. The summed E-state index contributed by atoms with van der Waals surface area (Å²) in [6, 6.07) is 9.29. The summed E-state index contributed by atoms with van der Waals surface area (Å²) < 4.78 is 11.7. The van der Waals surface area contributed by atoms with Crippen LogP contribution >= 0.6 is 0 Å². The molecule has 148 valence electrons. The number of piperazine rings is 1. The molecular formula is C19H28N4O4. The van der Waals surface area contributed by atoms with E-state index in [1.54, 1.807) is 0 Å². The molecule has 2 amide bonds. The van der Waals surface area contributed by atoms with Gasteiger partial charge in [-0.25, -0.2) is 4.79 Å². The van der Waals surface area contributed by atoms with E-state index in [1.165, 1.54) is 5.69 Å². The van der Waals surface area contributed by atoms with Gasteiger partial charge in [-0.1, -0.05) is 18.2 Å². The minimum absolute atomic E-state index is 0.284. The third kappa shape index (κ3) is 3.75. The molecule has 3 aliphatic rings. The van der Waals surface area contributed by atoms with Gasteiger partial charge in [0.25, 0.3) is 0 Å². The average molecular weight is 376 g/mol. The molecule has 8 nitrogen and oxygen atoms in total. The van der Waals surface area contributed by atoms with E-state index in [-0.39, 0.29) is 18.2 Å². The number of fused-ring (bicyclic) bond motifs is 2. The molecule has 0 saturated carbocycles. The number of carbonyl (C=O) groups excluding carboxylic acids is 1. The summed E-state index contributed by atoms with van der Waals surface area (Å²) in [5, 5.41) is 16.6. The van der Waals surface area contributed by atoms with Gasteiger partial charge in [0, 0.05) is 38.4 Å². The Labute approximate surface area is 159 Å². The highest BCUT2D eigenvalue weighted by atomic mass is 16.7. The molecule has 2 bridgehead atoms. The molecule has 0 aliphatic carbocycles. The maximum Gasteiger partial charge on any atom is 0.315 e. The Kier molecular flexibility index (Phi) is 5.49. The summed E-state index contributed by atoms with van der Waals surface area (Å²) in [7, 11) is 0. The van der Waals surface area contributed by atoms with E-state index in [9.17, 15) is 9.90 Å². The lowest BCUT2D eigenvalue weighted by Crippen LogP contribution is -2.67. The van der Waals surface area contributed by atoms with Crippen LogP contribution in [0.2, 0.25) is 0 Å². The number of hydrogen-bond donors (Lipinski definition) is 3. The molecule has 3 saturated heterocycles. The van der Waals surface area contributed by atoms with Crippen LogP contribution in [0.4, 0.5) is 10.5 Å². The van der Waals surface area contributed by atoms with E-state index in [0.717, 1.165) is 26.2 Å². The Hall–Kier alpha value is -1.87. The fraction of sp³-hybridized carbons (Fsp3) is 0.632. The van der Waals surface area contributed by atoms with Crippen LogP contribution in [-0.4, -0.2) is 85.9 Å². The van der Waals surface area contributed by atoms with Crippen molar-refractivity contribution in [1.82, 2.24) is 15.5 Å². The monoisotopic (exact) mass is 376 g/mol. The Morgan fingerprint density at radius 2 is 1.96 bits per heavy atom. The van der Waals surface area contributed by atoms with E-state index in [1.807, 2.05) is 25.1 Å². The first kappa shape index (κ1) is 18.5. The van der Waals surface area contributed by atoms with Crippen LogP contribution in [0.1, 0.15) is 6.92 Å². The van der Waals surface area contributed by atoms with Crippen LogP contribution < -0.4 is 15.5 Å². The lowest BCUT2D eigenvalue weighted by molar-refractivity contribution is -0.181. The Balaban J connectivity index is 1.41. The van der Waals surface area contributed by atoms with Crippen molar-refractivity contribution in [2.45, 2.75) is 37.5 Å². The van der Waals surface area contributed by atoms with Gasteiger partial charge in [-0.15, -0.1) is 0 Å². The van der Waals surface area contributed by atoms with Gasteiger partial charge in [-0.2, -0.15) is 0 Å². The smallest absolute Gasteiger partial charge is 0.315 e. The number of urea groups is 1. The van der Waals surface area contributed by atoms with Crippen molar-refractivity contribution in [2.24, 2.45) is 0 Å². The number of anilines is 1. The average Bonchev–Trinajstić information content (AvgIpc) is 3.12. The number of carbonyl (C=O) groups is 1. The first-order valence-corrected chi connectivity index (χ1v) is 9.71. The van der Waals surface area contributed by atoms with Gasteiger partial charge in [-0.3, -0.25) is 4.90 Å². The first-order valence-electron chi connectivity index (χ1n) is 9.71. The summed E-state index contributed by atoms with van der Waals surface area (Å²) in [6.45, 7) is 6.13. The van der Waals surface area contributed by atoms with Crippen LogP contribution in [0.15, 0.2) is 30.3 Å². The third-order valence-electron chi connectivity index (χ3n) is 5.62. The van der Waals surface area contributed by atoms with E-state index in [2.05, 4.69) is 32.6 Å². The zero-order valence-electron chi connectivity index (χ0n) is 15.6. The number of aliphatic hydroxyl groups is 1. The predicted octanol–water partition coefficient (Wildman–Crippen LogP) is -0.0191. The number of nitrogens with zero attached hydrogens (tertiary/aromatic N) is 2. The fourth-order valence-electron chi connectivity index (χ4n) is 4.25. The van der Waals surface area contributed by atoms with Gasteiger partial charge >= 0.3 is 6.03 Å². The van der Waals surface area contributed by atoms with E-state index in [4.69, 9.17) is 9.47 Å². The van der Waals surface area contributed by atoms with Gasteiger partial charge in [0.1, 0.15) is 6.10 Å². The molecule has 0 aromatic heterocycles. The molecule has 3 fully saturated rings. The number of amides is 2. The van der Waals surface area contributed by atoms with Gasteiger partial charge < -0.3 is 30.1 Å². The normalized spacial score (nSPS) is 33.7. The number of benzene rings is 1. The molecule has 3 N–H and O–H groups in total. The maximum atomic E-state index is 12.0. The molecule has 27 heavy (non-hydrogen) atoms. The summed E-state index contributed by atoms with van der Waals surface area (Å²) in [4.78, 5) is 16.5. The third-order valence-corrected chi connectivity index (χ3v) is 5.62. The maximum absolute atomic E-state index is 12.0. The number of para-hydroxylation sites is 1. The molecule has 8 heteroatoms. The van der Waals surface area contributed by atoms with Gasteiger partial charge in [0.15, 0.2) is 6.29 Å². The topological polar surface area (TPSA) is 86.3 Å². The molecule has 0 unspecified atom stereocenters. The van der Waals surface area contributed by atoms with Crippen LogP contribution in [0.5, 0.6) is 0 Å². The second-order valence-electron chi connectivity index (χ2n) is 7.25. The molecule has 1 aromatic rings. The summed E-state index contributed by atoms with van der Waals surface area (Å²) >= 11 is 0. The fourth-order valence-corrected chi connectivity index (χ4v) is 4.25. The molecule has 1 aromatic carbocycles. The van der Waals surface area contributed by atoms with Crippen molar-refractivity contribution in [3.8, 4) is 0 Å². The Bertz CT molecular complexity index is 638. The van der Waals surface area contributed by atoms with E-state index in [0.29, 0.717) is 13.2 Å². The number of aliphatic hydroxyl groups excluding tert-OH is 1. The molecule has 3 heterocycles. The van der Waals surface area contributed by atoms with Crippen molar-refractivity contribution in [2.75, 3.05) is 44.2 Å². The van der Waals surface area contributed by atoms with Gasteiger partial charge in [0.05, 0.1) is 24.8 Å². The van der Waals surface area contributed by atoms with E-state index < -0.39 is 18.4 Å². The van der Waals surface area contributed by atoms with Crippen molar-refractivity contribution in [1.29, 1.82) is 0 Å². The lowest BCUT2D eigenvalue weighted by Gasteiger charge is -2.46. The Morgan fingerprint density at radius 3 is 2.67 bits per heavy atom. The summed E-state index contributed by atoms with van der Waals surface area (Å²) in [5.41, 5.74) is 1.21. The largest absolute Gasteiger partial charge is 0.389 e. The second-order valence-corrected chi connectivity index (χ2v) is 7.25. The Morgan fingerprint density at radius 1 is 1.22 bits per heavy atom.